The SMILES string of the molecule is Cc1ccc(C(=O)N2C[C@@H](CN)[C@H](c3ccccc3)C2)c(C)n1. The number of hydrogen-bond donors (Lipinski definition) is 1. The third-order valence-corrected chi connectivity index (χ3v) is 4.71. The summed E-state index contributed by atoms with van der Waals surface area (Å²) in [6.07, 6.45) is 0. The summed E-state index contributed by atoms with van der Waals surface area (Å²) in [5.74, 6) is 0.677. The fraction of sp³-hybridized carbons (Fsp3) is 0.368. The Labute approximate surface area is 137 Å². The van der Waals surface area contributed by atoms with Crippen LogP contribution in [-0.2, 0) is 0 Å². The Morgan fingerprint density at radius 2 is 1.91 bits per heavy atom. The lowest BCUT2D eigenvalue weighted by atomic mass is 9.89. The monoisotopic (exact) mass is 309 g/mol. The number of amides is 1. The van der Waals surface area contributed by atoms with E-state index in [1.165, 1.54) is 5.56 Å². The Morgan fingerprint density at radius 1 is 1.17 bits per heavy atom. The molecule has 0 spiro atoms. The Bertz CT molecular complexity index is 699. The van der Waals surface area contributed by atoms with Crippen molar-refractivity contribution in [2.45, 2.75) is 19.8 Å². The van der Waals surface area contributed by atoms with Gasteiger partial charge in [-0.05, 0) is 44.0 Å². The van der Waals surface area contributed by atoms with Crippen molar-refractivity contribution < 1.29 is 4.79 Å². The van der Waals surface area contributed by atoms with Gasteiger partial charge in [0.1, 0.15) is 0 Å². The molecule has 4 nitrogen and oxygen atoms in total. The summed E-state index contributed by atoms with van der Waals surface area (Å²) in [4.78, 5) is 19.2. The predicted octanol–water partition coefficient (Wildman–Crippen LogP) is 2.51. The maximum atomic E-state index is 12.9. The molecule has 0 radical (unpaired) electrons. The minimum Gasteiger partial charge on any atom is -0.338 e. The third-order valence-electron chi connectivity index (χ3n) is 4.71. The molecule has 1 amide bonds. The van der Waals surface area contributed by atoms with Gasteiger partial charge in [-0.15, -0.1) is 0 Å². The molecule has 2 heterocycles. The lowest BCUT2D eigenvalue weighted by Crippen LogP contribution is -2.30. The van der Waals surface area contributed by atoms with Crippen LogP contribution in [0, 0.1) is 19.8 Å². The van der Waals surface area contributed by atoms with Crippen molar-refractivity contribution >= 4 is 5.91 Å². The van der Waals surface area contributed by atoms with Gasteiger partial charge in [-0.2, -0.15) is 0 Å². The Morgan fingerprint density at radius 3 is 2.57 bits per heavy atom. The van der Waals surface area contributed by atoms with Crippen molar-refractivity contribution in [2.24, 2.45) is 11.7 Å². The number of aromatic nitrogens is 1. The van der Waals surface area contributed by atoms with Gasteiger partial charge in [-0.25, -0.2) is 0 Å². The minimum atomic E-state index is 0.0619. The average molecular weight is 309 g/mol. The standard InChI is InChI=1S/C19H23N3O/c1-13-8-9-17(14(2)21-13)19(23)22-11-16(10-20)18(12-22)15-6-4-3-5-7-15/h3-9,16,18H,10-12,20H2,1-2H3/t16-,18+/m1/s1. The molecule has 2 N–H and O–H groups in total. The van der Waals surface area contributed by atoms with Gasteiger partial charge in [0.2, 0.25) is 0 Å². The van der Waals surface area contributed by atoms with E-state index in [1.54, 1.807) is 0 Å². The molecule has 1 aliphatic rings. The van der Waals surface area contributed by atoms with E-state index in [-0.39, 0.29) is 5.91 Å². The highest BCUT2D eigenvalue weighted by Gasteiger charge is 2.35. The molecule has 2 atom stereocenters. The molecule has 0 saturated carbocycles. The zero-order valence-corrected chi connectivity index (χ0v) is 13.7. The summed E-state index contributed by atoms with van der Waals surface area (Å²) in [5, 5.41) is 0. The molecule has 0 unspecified atom stereocenters. The number of carbonyl (C=O) groups excluding carboxylic acids is 1. The Kier molecular flexibility index (Phi) is 4.44. The average Bonchev–Trinajstić information content (AvgIpc) is 2.99. The fourth-order valence-corrected chi connectivity index (χ4v) is 3.44. The van der Waals surface area contributed by atoms with Gasteiger partial charge in [0.25, 0.3) is 5.91 Å². The Balaban J connectivity index is 1.83. The van der Waals surface area contributed by atoms with E-state index in [9.17, 15) is 4.79 Å². The molecule has 0 aliphatic carbocycles. The molecule has 1 saturated heterocycles. The van der Waals surface area contributed by atoms with E-state index in [0.717, 1.165) is 17.9 Å². The molecule has 120 valence electrons. The number of nitrogens with zero attached hydrogens (tertiary/aromatic N) is 2. The number of rotatable bonds is 3. The number of aryl methyl sites for hydroxylation is 2. The van der Waals surface area contributed by atoms with Crippen molar-refractivity contribution in [1.29, 1.82) is 0 Å². The summed E-state index contributed by atoms with van der Waals surface area (Å²) in [6, 6.07) is 14.1. The number of nitrogens with two attached hydrogens (primary N) is 1. The zero-order chi connectivity index (χ0) is 16.4. The normalized spacial score (nSPS) is 20.7. The third kappa shape index (κ3) is 3.13. The molecule has 1 aliphatic heterocycles. The summed E-state index contributed by atoms with van der Waals surface area (Å²) in [5.41, 5.74) is 9.64. The van der Waals surface area contributed by atoms with Gasteiger partial charge in [-0.1, -0.05) is 30.3 Å². The lowest BCUT2D eigenvalue weighted by molar-refractivity contribution is 0.0785. The highest BCUT2D eigenvalue weighted by Crippen LogP contribution is 2.32. The van der Waals surface area contributed by atoms with E-state index in [1.807, 2.05) is 49.1 Å². The predicted molar refractivity (Wildman–Crippen MR) is 91.3 cm³/mol. The van der Waals surface area contributed by atoms with Crippen molar-refractivity contribution in [3.05, 3.63) is 65.0 Å². The topological polar surface area (TPSA) is 59.2 Å². The van der Waals surface area contributed by atoms with Crippen LogP contribution in [0.3, 0.4) is 0 Å². The molecule has 1 aromatic heterocycles. The number of carbonyl (C=O) groups is 1. The molecule has 1 fully saturated rings. The van der Waals surface area contributed by atoms with Crippen molar-refractivity contribution in [1.82, 2.24) is 9.88 Å². The first-order valence-electron chi connectivity index (χ1n) is 8.08. The molecule has 0 bridgehead atoms. The van der Waals surface area contributed by atoms with E-state index >= 15 is 0 Å². The maximum absolute atomic E-state index is 12.9. The van der Waals surface area contributed by atoms with Gasteiger partial charge < -0.3 is 10.6 Å². The number of likely N-dealkylation sites (tertiary alicyclic amines) is 1. The highest BCUT2D eigenvalue weighted by molar-refractivity contribution is 5.95. The van der Waals surface area contributed by atoms with Crippen LogP contribution in [0.15, 0.2) is 42.5 Å². The molecule has 2 aromatic rings. The molecular weight excluding hydrogens is 286 g/mol. The molecule has 1 aromatic carbocycles. The molecular formula is C19H23N3O. The van der Waals surface area contributed by atoms with E-state index < -0.39 is 0 Å². The van der Waals surface area contributed by atoms with Gasteiger partial charge in [0, 0.05) is 24.7 Å². The van der Waals surface area contributed by atoms with Crippen LogP contribution in [-0.4, -0.2) is 35.4 Å². The second-order valence-corrected chi connectivity index (χ2v) is 6.31. The second kappa shape index (κ2) is 6.50. The second-order valence-electron chi connectivity index (χ2n) is 6.31. The van der Waals surface area contributed by atoms with Crippen molar-refractivity contribution in [3.8, 4) is 0 Å². The van der Waals surface area contributed by atoms with E-state index in [2.05, 4.69) is 17.1 Å². The van der Waals surface area contributed by atoms with Gasteiger partial charge >= 0.3 is 0 Å². The lowest BCUT2D eigenvalue weighted by Gasteiger charge is -2.18. The number of hydrogen-bond acceptors (Lipinski definition) is 3. The summed E-state index contributed by atoms with van der Waals surface area (Å²) < 4.78 is 0. The van der Waals surface area contributed by atoms with Gasteiger partial charge in [0.15, 0.2) is 0 Å². The highest BCUT2D eigenvalue weighted by atomic mass is 16.2. The zero-order valence-electron chi connectivity index (χ0n) is 13.7. The van der Waals surface area contributed by atoms with Crippen LogP contribution >= 0.6 is 0 Å². The molecule has 3 rings (SSSR count). The van der Waals surface area contributed by atoms with E-state index in [0.29, 0.717) is 30.5 Å². The van der Waals surface area contributed by atoms with Crippen LogP contribution in [0.25, 0.3) is 0 Å². The van der Waals surface area contributed by atoms with Crippen LogP contribution < -0.4 is 5.73 Å². The van der Waals surface area contributed by atoms with E-state index in [4.69, 9.17) is 5.73 Å². The molecule has 23 heavy (non-hydrogen) atoms. The Hall–Kier alpha value is -2.20. The first kappa shape index (κ1) is 15.7. The number of benzene rings is 1. The van der Waals surface area contributed by atoms with Crippen LogP contribution in [0.2, 0.25) is 0 Å². The number of pyridine rings is 1. The minimum absolute atomic E-state index is 0.0619. The molecule has 4 heteroatoms. The van der Waals surface area contributed by atoms with Crippen LogP contribution in [0.5, 0.6) is 0 Å². The van der Waals surface area contributed by atoms with Crippen molar-refractivity contribution in [2.75, 3.05) is 19.6 Å². The fourth-order valence-electron chi connectivity index (χ4n) is 3.44. The smallest absolute Gasteiger partial charge is 0.255 e. The van der Waals surface area contributed by atoms with Gasteiger partial charge in [0.05, 0.1) is 11.3 Å². The van der Waals surface area contributed by atoms with Crippen LogP contribution in [0.4, 0.5) is 0 Å². The largest absolute Gasteiger partial charge is 0.338 e. The maximum Gasteiger partial charge on any atom is 0.255 e. The summed E-state index contributed by atoms with van der Waals surface area (Å²) in [6.45, 7) is 5.85. The van der Waals surface area contributed by atoms with Crippen LogP contribution in [0.1, 0.15) is 33.2 Å². The summed E-state index contributed by atoms with van der Waals surface area (Å²) >= 11 is 0. The summed E-state index contributed by atoms with van der Waals surface area (Å²) in [7, 11) is 0. The van der Waals surface area contributed by atoms with Gasteiger partial charge in [-0.3, -0.25) is 9.78 Å². The van der Waals surface area contributed by atoms with Crippen molar-refractivity contribution in [3.63, 3.8) is 0 Å². The first-order chi connectivity index (χ1) is 11.1. The first-order valence-corrected chi connectivity index (χ1v) is 8.08. The quantitative estimate of drug-likeness (QED) is 0.947.